The molecule has 4 nitrogen and oxygen atoms in total. The fraction of sp³-hybridized carbons (Fsp3) is 0.417. The van der Waals surface area contributed by atoms with Gasteiger partial charge in [0.15, 0.2) is 0 Å². The maximum absolute atomic E-state index is 11.6. The Morgan fingerprint density at radius 3 is 2.82 bits per heavy atom. The predicted octanol–water partition coefficient (Wildman–Crippen LogP) is 2.51. The van der Waals surface area contributed by atoms with Crippen molar-refractivity contribution in [2.75, 3.05) is 25.6 Å². The number of nitrogens with two attached hydrogens (primary N) is 1. The lowest BCUT2D eigenvalue weighted by Crippen LogP contribution is -2.08. The topological polar surface area (TPSA) is 61.5 Å². The average Bonchev–Trinajstić information content (AvgIpc) is 2.32. The third kappa shape index (κ3) is 4.63. The first kappa shape index (κ1) is 13.8. The number of carbonyl (C=O) groups is 1. The summed E-state index contributed by atoms with van der Waals surface area (Å²) in [5.41, 5.74) is 6.39. The fourth-order valence-electron chi connectivity index (χ4n) is 1.21. The van der Waals surface area contributed by atoms with E-state index in [2.05, 4.69) is 0 Å². The molecule has 1 aromatic carbocycles. The molecule has 0 aliphatic heterocycles. The molecule has 2 N–H and O–H groups in total. The lowest BCUT2D eigenvalue weighted by atomic mass is 10.2. The van der Waals surface area contributed by atoms with E-state index in [-0.39, 0.29) is 0 Å². The maximum atomic E-state index is 11.6. The molecule has 17 heavy (non-hydrogen) atoms. The van der Waals surface area contributed by atoms with Crippen LogP contribution in [0.5, 0.6) is 0 Å². The van der Waals surface area contributed by atoms with Crippen LogP contribution >= 0.6 is 11.6 Å². The van der Waals surface area contributed by atoms with Crippen molar-refractivity contribution in [3.8, 4) is 0 Å². The molecule has 0 saturated heterocycles. The number of hydrogen-bond donors (Lipinski definition) is 1. The molecular weight excluding hydrogens is 242 g/mol. The standard InChI is InChI=1S/C12H16ClNO3/c1-2-16-6-3-7-17-12(15)9-4-5-11(14)10(13)8-9/h4-5,8H,2-3,6-7,14H2,1H3. The molecule has 0 unspecified atom stereocenters. The zero-order valence-electron chi connectivity index (χ0n) is 9.74. The lowest BCUT2D eigenvalue weighted by Gasteiger charge is -2.06. The van der Waals surface area contributed by atoms with Crippen LogP contribution in [0.1, 0.15) is 23.7 Å². The number of hydrogen-bond acceptors (Lipinski definition) is 4. The smallest absolute Gasteiger partial charge is 0.338 e. The van der Waals surface area contributed by atoms with Gasteiger partial charge in [-0.1, -0.05) is 11.6 Å². The van der Waals surface area contributed by atoms with Gasteiger partial charge in [0.25, 0.3) is 0 Å². The molecule has 0 spiro atoms. The number of nitrogen functional groups attached to an aromatic ring is 1. The van der Waals surface area contributed by atoms with E-state index in [1.54, 1.807) is 12.1 Å². The van der Waals surface area contributed by atoms with E-state index in [1.807, 2.05) is 6.92 Å². The van der Waals surface area contributed by atoms with Gasteiger partial charge in [-0.2, -0.15) is 0 Å². The average molecular weight is 258 g/mol. The van der Waals surface area contributed by atoms with Gasteiger partial charge in [-0.05, 0) is 25.1 Å². The minimum absolute atomic E-state index is 0.334. The maximum Gasteiger partial charge on any atom is 0.338 e. The van der Waals surface area contributed by atoms with Crippen molar-refractivity contribution in [2.24, 2.45) is 0 Å². The van der Waals surface area contributed by atoms with Crippen LogP contribution in [0.25, 0.3) is 0 Å². The van der Waals surface area contributed by atoms with Crippen LogP contribution in [0.2, 0.25) is 5.02 Å². The zero-order valence-corrected chi connectivity index (χ0v) is 10.5. The van der Waals surface area contributed by atoms with E-state index in [1.165, 1.54) is 6.07 Å². The highest BCUT2D eigenvalue weighted by Crippen LogP contribution is 2.20. The summed E-state index contributed by atoms with van der Waals surface area (Å²) in [5, 5.41) is 0.355. The first-order valence-corrected chi connectivity index (χ1v) is 5.83. The zero-order chi connectivity index (χ0) is 12.7. The summed E-state index contributed by atoms with van der Waals surface area (Å²) in [6, 6.07) is 4.67. The molecule has 0 bridgehead atoms. The van der Waals surface area contributed by atoms with Crippen LogP contribution in [0.15, 0.2) is 18.2 Å². The molecule has 5 heteroatoms. The number of anilines is 1. The Morgan fingerprint density at radius 1 is 1.41 bits per heavy atom. The Kier molecular flexibility index (Phi) is 5.80. The van der Waals surface area contributed by atoms with E-state index in [4.69, 9.17) is 26.8 Å². The van der Waals surface area contributed by atoms with Gasteiger partial charge in [0.05, 0.1) is 22.9 Å². The third-order valence-electron chi connectivity index (χ3n) is 2.11. The molecule has 1 rings (SSSR count). The Balaban J connectivity index is 2.39. The van der Waals surface area contributed by atoms with Gasteiger partial charge in [0.2, 0.25) is 0 Å². The SMILES string of the molecule is CCOCCCOC(=O)c1ccc(N)c(Cl)c1. The van der Waals surface area contributed by atoms with Crippen molar-refractivity contribution in [3.63, 3.8) is 0 Å². The molecule has 0 aliphatic carbocycles. The molecule has 0 fully saturated rings. The van der Waals surface area contributed by atoms with Crippen LogP contribution < -0.4 is 5.73 Å². The molecule has 1 aromatic rings. The molecule has 0 saturated carbocycles. The summed E-state index contributed by atoms with van der Waals surface area (Å²) in [4.78, 5) is 11.6. The van der Waals surface area contributed by atoms with Gasteiger partial charge in [-0.25, -0.2) is 4.79 Å². The first-order chi connectivity index (χ1) is 8.15. The molecule has 94 valence electrons. The van der Waals surface area contributed by atoms with Crippen LogP contribution in [-0.4, -0.2) is 25.8 Å². The van der Waals surface area contributed by atoms with Crippen LogP contribution in [0.4, 0.5) is 5.69 Å². The van der Waals surface area contributed by atoms with E-state index in [0.717, 1.165) is 0 Å². The van der Waals surface area contributed by atoms with Gasteiger partial charge >= 0.3 is 5.97 Å². The highest BCUT2D eigenvalue weighted by Gasteiger charge is 2.08. The van der Waals surface area contributed by atoms with Gasteiger partial charge in [-0.3, -0.25) is 0 Å². The first-order valence-electron chi connectivity index (χ1n) is 5.45. The van der Waals surface area contributed by atoms with Gasteiger partial charge in [0, 0.05) is 19.6 Å². The van der Waals surface area contributed by atoms with Gasteiger partial charge < -0.3 is 15.2 Å². The highest BCUT2D eigenvalue weighted by atomic mass is 35.5. The monoisotopic (exact) mass is 257 g/mol. The second kappa shape index (κ2) is 7.14. The van der Waals surface area contributed by atoms with E-state index >= 15 is 0 Å². The van der Waals surface area contributed by atoms with Crippen molar-refractivity contribution >= 4 is 23.3 Å². The summed E-state index contributed by atoms with van der Waals surface area (Å²) in [5.74, 6) is -0.400. The van der Waals surface area contributed by atoms with Gasteiger partial charge in [0.1, 0.15) is 0 Å². The number of carbonyl (C=O) groups excluding carboxylic acids is 1. The quantitative estimate of drug-likeness (QED) is 0.483. The molecule has 0 aromatic heterocycles. The summed E-state index contributed by atoms with van der Waals surface area (Å²) in [6.07, 6.45) is 0.683. The summed E-state index contributed by atoms with van der Waals surface area (Å²) < 4.78 is 10.2. The molecule has 0 heterocycles. The minimum atomic E-state index is -0.400. The van der Waals surface area contributed by atoms with E-state index in [9.17, 15) is 4.79 Å². The van der Waals surface area contributed by atoms with Crippen molar-refractivity contribution < 1.29 is 14.3 Å². The fourth-order valence-corrected chi connectivity index (χ4v) is 1.39. The highest BCUT2D eigenvalue weighted by molar-refractivity contribution is 6.33. The number of rotatable bonds is 6. The molecule has 0 atom stereocenters. The van der Waals surface area contributed by atoms with Crippen LogP contribution in [-0.2, 0) is 9.47 Å². The van der Waals surface area contributed by atoms with Crippen LogP contribution in [0.3, 0.4) is 0 Å². The molecule has 0 radical (unpaired) electrons. The molecular formula is C12H16ClNO3. The summed E-state index contributed by atoms with van der Waals surface area (Å²) in [6.45, 7) is 3.51. The Morgan fingerprint density at radius 2 is 2.18 bits per heavy atom. The Bertz CT molecular complexity index is 382. The predicted molar refractivity (Wildman–Crippen MR) is 67.3 cm³/mol. The largest absolute Gasteiger partial charge is 0.462 e. The Hall–Kier alpha value is -1.26. The molecule has 0 aliphatic rings. The van der Waals surface area contributed by atoms with E-state index in [0.29, 0.717) is 42.5 Å². The van der Waals surface area contributed by atoms with Crippen LogP contribution in [0, 0.1) is 0 Å². The second-order valence-corrected chi connectivity index (χ2v) is 3.83. The van der Waals surface area contributed by atoms with Crippen molar-refractivity contribution in [2.45, 2.75) is 13.3 Å². The minimum Gasteiger partial charge on any atom is -0.462 e. The summed E-state index contributed by atoms with van der Waals surface area (Å²) >= 11 is 5.81. The van der Waals surface area contributed by atoms with Crippen molar-refractivity contribution in [1.29, 1.82) is 0 Å². The van der Waals surface area contributed by atoms with Crippen molar-refractivity contribution in [3.05, 3.63) is 28.8 Å². The number of halogens is 1. The summed E-state index contributed by atoms with van der Waals surface area (Å²) in [7, 11) is 0. The Labute approximate surface area is 106 Å². The number of esters is 1. The number of ether oxygens (including phenoxy) is 2. The molecule has 0 amide bonds. The third-order valence-corrected chi connectivity index (χ3v) is 2.43. The van der Waals surface area contributed by atoms with E-state index < -0.39 is 5.97 Å². The normalized spacial score (nSPS) is 10.2. The second-order valence-electron chi connectivity index (χ2n) is 3.42. The van der Waals surface area contributed by atoms with Gasteiger partial charge in [-0.15, -0.1) is 0 Å². The number of benzene rings is 1. The lowest BCUT2D eigenvalue weighted by molar-refractivity contribution is 0.0452. The van der Waals surface area contributed by atoms with Crippen molar-refractivity contribution in [1.82, 2.24) is 0 Å².